The molecule has 1 N–H and O–H groups in total. The summed E-state index contributed by atoms with van der Waals surface area (Å²) < 4.78 is 19.1. The molecule has 0 aliphatic heterocycles. The Morgan fingerprint density at radius 3 is 2.80 bits per heavy atom. The van der Waals surface area contributed by atoms with Gasteiger partial charge in [0.15, 0.2) is 0 Å². The first-order chi connectivity index (χ1) is 9.53. The Balaban J connectivity index is 3.06. The maximum absolute atomic E-state index is 11.8. The minimum Gasteiger partial charge on any atom is -0.465 e. The molecule has 0 aliphatic rings. The van der Waals surface area contributed by atoms with Crippen molar-refractivity contribution in [3.63, 3.8) is 0 Å². The van der Waals surface area contributed by atoms with E-state index in [2.05, 4.69) is 9.46 Å². The van der Waals surface area contributed by atoms with Gasteiger partial charge in [-0.2, -0.15) is 5.26 Å². The van der Waals surface area contributed by atoms with E-state index >= 15 is 0 Å². The fourth-order valence-electron chi connectivity index (χ4n) is 1.48. The SMILES string of the molecule is CCCCS(=O)Nc1cc(C#N)c(Cl)c(C(=O)OC)c1. The zero-order valence-corrected chi connectivity index (χ0v) is 12.8. The third kappa shape index (κ3) is 4.22. The maximum Gasteiger partial charge on any atom is 0.339 e. The number of rotatable bonds is 6. The van der Waals surface area contributed by atoms with E-state index in [1.165, 1.54) is 19.2 Å². The smallest absolute Gasteiger partial charge is 0.339 e. The van der Waals surface area contributed by atoms with E-state index in [0.29, 0.717) is 11.4 Å². The first-order valence-corrected chi connectivity index (χ1v) is 7.70. The third-order valence-corrected chi connectivity index (χ3v) is 4.04. The molecule has 7 heteroatoms. The van der Waals surface area contributed by atoms with Crippen LogP contribution < -0.4 is 4.72 Å². The average Bonchev–Trinajstić information content (AvgIpc) is 2.45. The number of nitriles is 1. The molecule has 20 heavy (non-hydrogen) atoms. The van der Waals surface area contributed by atoms with Crippen LogP contribution in [0, 0.1) is 11.3 Å². The summed E-state index contributed by atoms with van der Waals surface area (Å²) in [4.78, 5) is 11.6. The molecular weight excluding hydrogens is 300 g/mol. The number of unbranched alkanes of at least 4 members (excludes halogenated alkanes) is 1. The maximum atomic E-state index is 11.8. The fraction of sp³-hybridized carbons (Fsp3) is 0.385. The molecule has 1 aromatic rings. The predicted octanol–water partition coefficient (Wildman–Crippen LogP) is 2.87. The van der Waals surface area contributed by atoms with Gasteiger partial charge in [0.05, 0.1) is 23.3 Å². The lowest BCUT2D eigenvalue weighted by molar-refractivity contribution is 0.0601. The van der Waals surface area contributed by atoms with Crippen molar-refractivity contribution in [2.45, 2.75) is 19.8 Å². The summed E-state index contributed by atoms with van der Waals surface area (Å²) in [6, 6.07) is 4.78. The second-order valence-corrected chi connectivity index (χ2v) is 5.68. The molecule has 0 radical (unpaired) electrons. The van der Waals surface area contributed by atoms with E-state index < -0.39 is 17.0 Å². The van der Waals surface area contributed by atoms with Crippen molar-refractivity contribution in [2.24, 2.45) is 0 Å². The highest BCUT2D eigenvalue weighted by Gasteiger charge is 2.16. The highest BCUT2D eigenvalue weighted by Crippen LogP contribution is 2.26. The van der Waals surface area contributed by atoms with Gasteiger partial charge in [-0.1, -0.05) is 24.9 Å². The summed E-state index contributed by atoms with van der Waals surface area (Å²) in [6.45, 7) is 2.00. The van der Waals surface area contributed by atoms with Crippen LogP contribution in [0.25, 0.3) is 0 Å². The third-order valence-electron chi connectivity index (χ3n) is 2.51. The number of hydrogen-bond acceptors (Lipinski definition) is 4. The number of carbonyl (C=O) groups excluding carboxylic acids is 1. The Kier molecular flexibility index (Phi) is 6.49. The number of carbonyl (C=O) groups is 1. The molecule has 0 saturated heterocycles. The summed E-state index contributed by atoms with van der Waals surface area (Å²) in [5, 5.41) is 9.04. The van der Waals surface area contributed by atoms with Crippen molar-refractivity contribution in [3.8, 4) is 6.07 Å². The normalized spacial score (nSPS) is 11.5. The van der Waals surface area contributed by atoms with Crippen LogP contribution in [0.15, 0.2) is 12.1 Å². The second kappa shape index (κ2) is 7.88. The van der Waals surface area contributed by atoms with Crippen molar-refractivity contribution in [2.75, 3.05) is 17.6 Å². The van der Waals surface area contributed by atoms with Gasteiger partial charge in [-0.15, -0.1) is 0 Å². The second-order valence-electron chi connectivity index (χ2n) is 3.99. The quantitative estimate of drug-likeness (QED) is 0.819. The van der Waals surface area contributed by atoms with Crippen LogP contribution in [0.5, 0.6) is 0 Å². The zero-order chi connectivity index (χ0) is 15.1. The largest absolute Gasteiger partial charge is 0.465 e. The van der Waals surface area contributed by atoms with Crippen LogP contribution in [-0.4, -0.2) is 23.0 Å². The number of anilines is 1. The Hall–Kier alpha value is -1.58. The van der Waals surface area contributed by atoms with Crippen LogP contribution in [0.1, 0.15) is 35.7 Å². The zero-order valence-electron chi connectivity index (χ0n) is 11.2. The molecule has 5 nitrogen and oxygen atoms in total. The number of nitrogens with one attached hydrogen (secondary N) is 1. The molecule has 0 amide bonds. The molecule has 108 valence electrons. The predicted molar refractivity (Wildman–Crippen MR) is 79.0 cm³/mol. The monoisotopic (exact) mass is 314 g/mol. The van der Waals surface area contributed by atoms with Gasteiger partial charge in [0, 0.05) is 11.4 Å². The lowest BCUT2D eigenvalue weighted by atomic mass is 10.1. The van der Waals surface area contributed by atoms with Crippen LogP contribution in [-0.2, 0) is 15.7 Å². The number of halogens is 1. The first-order valence-electron chi connectivity index (χ1n) is 6.00. The van der Waals surface area contributed by atoms with Crippen molar-refractivity contribution in [1.82, 2.24) is 0 Å². The van der Waals surface area contributed by atoms with Gasteiger partial charge in [0.2, 0.25) is 0 Å². The van der Waals surface area contributed by atoms with E-state index in [9.17, 15) is 9.00 Å². The van der Waals surface area contributed by atoms with Gasteiger partial charge in [0.1, 0.15) is 17.1 Å². The van der Waals surface area contributed by atoms with Gasteiger partial charge in [-0.25, -0.2) is 9.00 Å². The molecule has 1 unspecified atom stereocenters. The number of nitrogens with zero attached hydrogens (tertiary/aromatic N) is 1. The van der Waals surface area contributed by atoms with E-state index in [-0.39, 0.29) is 16.1 Å². The topological polar surface area (TPSA) is 79.2 Å². The summed E-state index contributed by atoms with van der Waals surface area (Å²) >= 11 is 5.95. The number of benzene rings is 1. The highest BCUT2D eigenvalue weighted by molar-refractivity contribution is 7.86. The minimum absolute atomic E-state index is 0.0317. The Morgan fingerprint density at radius 2 is 2.25 bits per heavy atom. The molecule has 0 bridgehead atoms. The molecule has 0 heterocycles. The van der Waals surface area contributed by atoms with Crippen molar-refractivity contribution in [3.05, 3.63) is 28.3 Å². The van der Waals surface area contributed by atoms with Gasteiger partial charge >= 0.3 is 5.97 Å². The summed E-state index contributed by atoms with van der Waals surface area (Å²) in [5.41, 5.74) is 0.605. The lowest BCUT2D eigenvalue weighted by Crippen LogP contribution is -2.10. The Bertz CT molecular complexity index is 569. The van der Waals surface area contributed by atoms with Gasteiger partial charge in [-0.3, -0.25) is 0 Å². The fourth-order valence-corrected chi connectivity index (χ4v) is 2.74. The molecule has 0 saturated carbocycles. The van der Waals surface area contributed by atoms with E-state index in [1.807, 2.05) is 13.0 Å². The molecule has 0 aliphatic carbocycles. The molecule has 1 aromatic carbocycles. The van der Waals surface area contributed by atoms with Crippen LogP contribution in [0.3, 0.4) is 0 Å². The van der Waals surface area contributed by atoms with Gasteiger partial charge in [-0.05, 0) is 18.6 Å². The standard InChI is InChI=1S/C13H15ClN2O3S/c1-3-4-5-20(18)16-10-6-9(8-15)12(14)11(7-10)13(17)19-2/h6-7,16H,3-5H2,1-2H3. The number of esters is 1. The van der Waals surface area contributed by atoms with Crippen molar-refractivity contribution in [1.29, 1.82) is 5.26 Å². The Labute approximate surface area is 125 Å². The highest BCUT2D eigenvalue weighted by atomic mass is 35.5. The van der Waals surface area contributed by atoms with Crippen LogP contribution in [0.4, 0.5) is 5.69 Å². The van der Waals surface area contributed by atoms with Gasteiger partial charge < -0.3 is 9.46 Å². The average molecular weight is 315 g/mol. The van der Waals surface area contributed by atoms with Crippen LogP contribution >= 0.6 is 11.6 Å². The van der Waals surface area contributed by atoms with E-state index in [4.69, 9.17) is 16.9 Å². The summed E-state index contributed by atoms with van der Waals surface area (Å²) in [6.07, 6.45) is 1.76. The number of hydrogen-bond donors (Lipinski definition) is 1. The molecule has 0 aromatic heterocycles. The summed E-state index contributed by atoms with van der Waals surface area (Å²) in [7, 11) is -0.0394. The molecule has 1 atom stereocenters. The van der Waals surface area contributed by atoms with Crippen molar-refractivity contribution < 1.29 is 13.7 Å². The minimum atomic E-state index is -1.27. The van der Waals surface area contributed by atoms with Crippen LogP contribution in [0.2, 0.25) is 5.02 Å². The van der Waals surface area contributed by atoms with Gasteiger partial charge in [0.25, 0.3) is 0 Å². The molecular formula is C13H15ClN2O3S. The van der Waals surface area contributed by atoms with E-state index in [1.54, 1.807) is 0 Å². The lowest BCUT2D eigenvalue weighted by Gasteiger charge is -2.10. The van der Waals surface area contributed by atoms with Crippen molar-refractivity contribution >= 4 is 34.2 Å². The number of methoxy groups -OCH3 is 1. The number of ether oxygens (including phenoxy) is 1. The molecule has 0 spiro atoms. The Morgan fingerprint density at radius 1 is 1.55 bits per heavy atom. The first kappa shape index (κ1) is 16.5. The molecule has 0 fully saturated rings. The van der Waals surface area contributed by atoms with E-state index in [0.717, 1.165) is 12.8 Å². The molecule has 1 rings (SSSR count). The summed E-state index contributed by atoms with van der Waals surface area (Å²) in [5.74, 6) is -0.149.